The van der Waals surface area contributed by atoms with E-state index < -0.39 is 0 Å². The van der Waals surface area contributed by atoms with Gasteiger partial charge in [0.1, 0.15) is 0 Å². The molecule has 0 aromatic carbocycles. The summed E-state index contributed by atoms with van der Waals surface area (Å²) in [5.41, 5.74) is 0. The van der Waals surface area contributed by atoms with Crippen molar-refractivity contribution in [3.05, 3.63) is 22.4 Å². The van der Waals surface area contributed by atoms with Crippen LogP contribution in [0.2, 0.25) is 0 Å². The summed E-state index contributed by atoms with van der Waals surface area (Å²) in [6, 6.07) is 4.91. The second-order valence-electron chi connectivity index (χ2n) is 4.37. The third-order valence-corrected chi connectivity index (χ3v) is 3.81. The number of likely N-dealkylation sites (tertiary alicyclic amines) is 1. The summed E-state index contributed by atoms with van der Waals surface area (Å²) in [6.07, 6.45) is 2.77. The summed E-state index contributed by atoms with van der Waals surface area (Å²) in [6.45, 7) is 7.10. The fourth-order valence-electron chi connectivity index (χ4n) is 2.11. The van der Waals surface area contributed by atoms with E-state index in [4.69, 9.17) is 0 Å². The maximum Gasteiger partial charge on any atom is 0.0302 e. The maximum absolute atomic E-state index is 3.58. The van der Waals surface area contributed by atoms with Gasteiger partial charge in [-0.15, -0.1) is 11.3 Å². The van der Waals surface area contributed by atoms with Crippen molar-refractivity contribution in [2.24, 2.45) is 0 Å². The molecule has 0 spiro atoms. The van der Waals surface area contributed by atoms with Crippen LogP contribution in [0.15, 0.2) is 17.5 Å². The molecule has 84 valence electrons. The first-order chi connectivity index (χ1) is 7.34. The topological polar surface area (TPSA) is 15.3 Å². The summed E-state index contributed by atoms with van der Waals surface area (Å²) >= 11 is 1.83. The van der Waals surface area contributed by atoms with Crippen LogP contribution in [0.5, 0.6) is 0 Å². The average Bonchev–Trinajstić information content (AvgIpc) is 2.86. The van der Waals surface area contributed by atoms with Crippen LogP contribution in [0.3, 0.4) is 0 Å². The van der Waals surface area contributed by atoms with Crippen molar-refractivity contribution in [2.45, 2.75) is 32.4 Å². The van der Waals surface area contributed by atoms with Gasteiger partial charge in [0.15, 0.2) is 0 Å². The van der Waals surface area contributed by atoms with Crippen molar-refractivity contribution in [1.29, 1.82) is 0 Å². The van der Waals surface area contributed by atoms with E-state index in [9.17, 15) is 0 Å². The fraction of sp³-hybridized carbons (Fsp3) is 0.667. The van der Waals surface area contributed by atoms with E-state index in [0.29, 0.717) is 6.04 Å². The zero-order valence-electron chi connectivity index (χ0n) is 9.41. The van der Waals surface area contributed by atoms with Gasteiger partial charge in [0, 0.05) is 24.0 Å². The van der Waals surface area contributed by atoms with E-state index in [0.717, 1.165) is 6.54 Å². The summed E-state index contributed by atoms with van der Waals surface area (Å²) in [4.78, 5) is 4.00. The quantitative estimate of drug-likeness (QED) is 0.826. The molecule has 2 heterocycles. The first kappa shape index (κ1) is 11.1. The molecule has 1 fully saturated rings. The van der Waals surface area contributed by atoms with Gasteiger partial charge < -0.3 is 10.2 Å². The second kappa shape index (κ2) is 5.64. The Kier molecular flexibility index (Phi) is 4.18. The Hall–Kier alpha value is -0.380. The highest BCUT2D eigenvalue weighted by Gasteiger charge is 2.13. The molecule has 1 atom stereocenters. The second-order valence-corrected chi connectivity index (χ2v) is 5.40. The van der Waals surface area contributed by atoms with Gasteiger partial charge in [-0.25, -0.2) is 0 Å². The number of hydrogen-bond donors (Lipinski definition) is 1. The third-order valence-electron chi connectivity index (χ3n) is 2.94. The van der Waals surface area contributed by atoms with E-state index in [1.807, 2.05) is 11.3 Å². The minimum absolute atomic E-state index is 0.602. The first-order valence-corrected chi connectivity index (χ1v) is 6.70. The molecule has 0 saturated carbocycles. The minimum Gasteiger partial charge on any atom is -0.308 e. The summed E-state index contributed by atoms with van der Waals surface area (Å²) in [5, 5.41) is 5.72. The maximum atomic E-state index is 3.58. The van der Waals surface area contributed by atoms with E-state index in [2.05, 4.69) is 34.7 Å². The molecule has 0 bridgehead atoms. The Labute approximate surface area is 96.3 Å². The molecule has 2 nitrogen and oxygen atoms in total. The molecule has 0 amide bonds. The molecule has 1 saturated heterocycles. The van der Waals surface area contributed by atoms with Crippen molar-refractivity contribution in [1.82, 2.24) is 10.2 Å². The molecule has 15 heavy (non-hydrogen) atoms. The number of nitrogens with zero attached hydrogens (tertiary/aromatic N) is 1. The van der Waals surface area contributed by atoms with E-state index in [-0.39, 0.29) is 0 Å². The number of hydrogen-bond acceptors (Lipinski definition) is 3. The van der Waals surface area contributed by atoms with Crippen LogP contribution in [-0.2, 0) is 6.54 Å². The van der Waals surface area contributed by atoms with E-state index in [1.54, 1.807) is 0 Å². The van der Waals surface area contributed by atoms with Gasteiger partial charge in [-0.3, -0.25) is 0 Å². The molecule has 1 aliphatic rings. The smallest absolute Gasteiger partial charge is 0.0302 e. The van der Waals surface area contributed by atoms with Gasteiger partial charge in [0.05, 0.1) is 0 Å². The molecular formula is C12H20N2S. The number of thiophene rings is 1. The van der Waals surface area contributed by atoms with Crippen LogP contribution in [0.1, 0.15) is 24.6 Å². The lowest BCUT2D eigenvalue weighted by atomic mass is 10.3. The Morgan fingerprint density at radius 1 is 1.47 bits per heavy atom. The van der Waals surface area contributed by atoms with Crippen molar-refractivity contribution < 1.29 is 0 Å². The highest BCUT2D eigenvalue weighted by molar-refractivity contribution is 7.09. The van der Waals surface area contributed by atoms with Gasteiger partial charge in [0.25, 0.3) is 0 Å². The predicted molar refractivity (Wildman–Crippen MR) is 66.3 cm³/mol. The standard InChI is InChI=1S/C12H20N2S/c1-11(10-14-6-2-3-7-14)13-9-12-5-4-8-15-12/h4-5,8,11,13H,2-3,6-7,9-10H2,1H3. The van der Waals surface area contributed by atoms with Crippen LogP contribution >= 0.6 is 11.3 Å². The Morgan fingerprint density at radius 2 is 2.27 bits per heavy atom. The molecule has 1 N–H and O–H groups in total. The molecule has 1 aromatic heterocycles. The average molecular weight is 224 g/mol. The molecule has 0 aliphatic carbocycles. The third kappa shape index (κ3) is 3.59. The molecule has 1 unspecified atom stereocenters. The van der Waals surface area contributed by atoms with Gasteiger partial charge in [-0.2, -0.15) is 0 Å². The van der Waals surface area contributed by atoms with Crippen LogP contribution in [0.4, 0.5) is 0 Å². The number of rotatable bonds is 5. The lowest BCUT2D eigenvalue weighted by Gasteiger charge is -2.20. The zero-order valence-corrected chi connectivity index (χ0v) is 10.2. The highest BCUT2D eigenvalue weighted by atomic mass is 32.1. The van der Waals surface area contributed by atoms with Crippen LogP contribution in [0.25, 0.3) is 0 Å². The van der Waals surface area contributed by atoms with Crippen molar-refractivity contribution in [3.63, 3.8) is 0 Å². The van der Waals surface area contributed by atoms with Gasteiger partial charge in [-0.05, 0) is 44.3 Å². The SMILES string of the molecule is CC(CN1CCCC1)NCc1cccs1. The molecule has 1 aromatic rings. The monoisotopic (exact) mass is 224 g/mol. The fourth-order valence-corrected chi connectivity index (χ4v) is 2.76. The normalized spacial score (nSPS) is 19.5. The Bertz CT molecular complexity index is 265. The largest absolute Gasteiger partial charge is 0.308 e. The number of nitrogens with one attached hydrogen (secondary N) is 1. The zero-order chi connectivity index (χ0) is 10.5. The summed E-state index contributed by atoms with van der Waals surface area (Å²) in [5.74, 6) is 0. The lowest BCUT2D eigenvalue weighted by molar-refractivity contribution is 0.298. The summed E-state index contributed by atoms with van der Waals surface area (Å²) < 4.78 is 0. The van der Waals surface area contributed by atoms with Crippen LogP contribution < -0.4 is 5.32 Å². The van der Waals surface area contributed by atoms with Gasteiger partial charge in [0.2, 0.25) is 0 Å². The van der Waals surface area contributed by atoms with E-state index >= 15 is 0 Å². The minimum atomic E-state index is 0.602. The van der Waals surface area contributed by atoms with Crippen molar-refractivity contribution in [3.8, 4) is 0 Å². The van der Waals surface area contributed by atoms with Crippen molar-refractivity contribution in [2.75, 3.05) is 19.6 Å². The molecule has 2 rings (SSSR count). The molecule has 0 radical (unpaired) electrons. The summed E-state index contributed by atoms with van der Waals surface area (Å²) in [7, 11) is 0. The van der Waals surface area contributed by atoms with Gasteiger partial charge in [-0.1, -0.05) is 6.07 Å². The van der Waals surface area contributed by atoms with Gasteiger partial charge >= 0.3 is 0 Å². The lowest BCUT2D eigenvalue weighted by Crippen LogP contribution is -2.37. The first-order valence-electron chi connectivity index (χ1n) is 5.83. The molecular weight excluding hydrogens is 204 g/mol. The van der Waals surface area contributed by atoms with Crippen LogP contribution in [-0.4, -0.2) is 30.6 Å². The van der Waals surface area contributed by atoms with E-state index in [1.165, 1.54) is 37.4 Å². The Morgan fingerprint density at radius 3 is 2.93 bits per heavy atom. The molecule has 3 heteroatoms. The Balaban J connectivity index is 1.66. The predicted octanol–water partition coefficient (Wildman–Crippen LogP) is 2.32. The highest BCUT2D eigenvalue weighted by Crippen LogP contribution is 2.10. The van der Waals surface area contributed by atoms with Crippen molar-refractivity contribution >= 4 is 11.3 Å². The molecule has 1 aliphatic heterocycles. The van der Waals surface area contributed by atoms with Crippen LogP contribution in [0, 0.1) is 0 Å².